The Kier molecular flexibility index (Phi) is 4.38. The Morgan fingerprint density at radius 1 is 0.947 bits per heavy atom. The molecule has 1 aromatic heterocycles. The van der Waals surface area contributed by atoms with Gasteiger partial charge in [-0.15, -0.1) is 0 Å². The molecule has 1 heterocycles. The van der Waals surface area contributed by atoms with E-state index in [1.54, 1.807) is 0 Å². The summed E-state index contributed by atoms with van der Waals surface area (Å²) >= 11 is 0. The number of rotatable bonds is 1. The van der Waals surface area contributed by atoms with Crippen LogP contribution in [0.5, 0.6) is 0 Å². The third kappa shape index (κ3) is 10.7. The van der Waals surface area contributed by atoms with Gasteiger partial charge in [0.25, 0.3) is 0 Å². The molecule has 1 rings (SSSR count). The average Bonchev–Trinajstić information content (AvgIpc) is 1.92. The third-order valence-corrected chi connectivity index (χ3v) is 2.04. The van der Waals surface area contributed by atoms with Gasteiger partial charge in [0.2, 0.25) is 6.17 Å². The Labute approximate surface area is 107 Å². The molecule has 0 saturated heterocycles. The molecule has 9 heteroatoms. The normalized spacial score (nSPS) is 16.8. The predicted octanol–water partition coefficient (Wildman–Crippen LogP) is 4.76. The van der Waals surface area contributed by atoms with Crippen molar-refractivity contribution in [3.05, 3.63) is 29.1 Å². The van der Waals surface area contributed by atoms with Crippen LogP contribution in [0.2, 0.25) is 0 Å². The van der Waals surface area contributed by atoms with Gasteiger partial charge >= 0.3 is 33.0 Å². The van der Waals surface area contributed by atoms with Crippen molar-refractivity contribution in [1.82, 2.24) is 0 Å². The molecule has 1 atom stereocenters. The summed E-state index contributed by atoms with van der Waals surface area (Å²) in [6, 6.07) is 4.30. The van der Waals surface area contributed by atoms with Gasteiger partial charge in [-0.3, -0.25) is 5.73 Å². The van der Waals surface area contributed by atoms with E-state index in [4.69, 9.17) is 5.73 Å². The van der Waals surface area contributed by atoms with Gasteiger partial charge in [-0.2, -0.15) is 4.57 Å². The van der Waals surface area contributed by atoms with Crippen LogP contribution in [0.3, 0.4) is 0 Å². The van der Waals surface area contributed by atoms with Gasteiger partial charge < -0.3 is 0 Å². The average molecular weight is 310 g/mol. The maximum absolute atomic E-state index is 10.7. The molecule has 0 saturated carbocycles. The number of pyridine rings is 1. The minimum absolute atomic E-state index is 0.0607. The number of nitrogens with two attached hydrogens (primary N) is 1. The van der Waals surface area contributed by atoms with Crippen LogP contribution in [0.4, 0.5) is 25.2 Å². The quantitative estimate of drug-likeness (QED) is 0.452. The van der Waals surface area contributed by atoms with Crippen molar-refractivity contribution in [3.8, 4) is 0 Å². The summed E-state index contributed by atoms with van der Waals surface area (Å²) < 4.78 is 61.3. The van der Waals surface area contributed by atoms with E-state index in [0.717, 1.165) is 0 Å². The molecule has 1 aromatic rings. The molecule has 0 amide bonds. The molecule has 0 radical (unpaired) electrons. The van der Waals surface area contributed by atoms with Crippen LogP contribution in [-0.4, -0.2) is 0 Å². The van der Waals surface area contributed by atoms with Crippen molar-refractivity contribution in [2.24, 2.45) is 5.73 Å². The van der Waals surface area contributed by atoms with E-state index >= 15 is 0 Å². The predicted molar refractivity (Wildman–Crippen MR) is 63.3 cm³/mol. The Morgan fingerprint density at radius 2 is 1.21 bits per heavy atom. The Balaban J connectivity index is 0.000000399. The topological polar surface area (TPSA) is 29.9 Å². The Bertz CT molecular complexity index is 431. The number of aromatic nitrogens is 1. The van der Waals surface area contributed by atoms with Crippen LogP contribution >= 0.6 is 7.81 Å². The monoisotopic (exact) mass is 310 g/mol. The molecule has 0 aliphatic heterocycles. The molecule has 2 N–H and O–H groups in total. The van der Waals surface area contributed by atoms with E-state index in [1.165, 1.54) is 17.0 Å². The van der Waals surface area contributed by atoms with E-state index in [1.807, 2.05) is 6.92 Å². The van der Waals surface area contributed by atoms with Crippen molar-refractivity contribution in [3.63, 3.8) is 0 Å². The fraction of sp³-hybridized carbons (Fsp3) is 0.500. The zero-order valence-corrected chi connectivity index (χ0v) is 11.9. The first-order chi connectivity index (χ1) is 7.97. The molecule has 19 heavy (non-hydrogen) atoms. The zero-order chi connectivity index (χ0) is 15.7. The molecular weight excluding hydrogens is 293 g/mol. The van der Waals surface area contributed by atoms with Gasteiger partial charge in [0.1, 0.15) is 0 Å². The van der Waals surface area contributed by atoms with Crippen molar-refractivity contribution in [1.29, 1.82) is 0 Å². The number of halogens is 6. The van der Waals surface area contributed by atoms with Crippen LogP contribution in [0.25, 0.3) is 0 Å². The van der Waals surface area contributed by atoms with Crippen molar-refractivity contribution < 1.29 is 29.7 Å². The van der Waals surface area contributed by atoms with Gasteiger partial charge in [0.15, 0.2) is 11.4 Å². The van der Waals surface area contributed by atoms with Crippen LogP contribution in [-0.2, 0) is 0 Å². The fourth-order valence-electron chi connectivity index (χ4n) is 1.76. The summed E-state index contributed by atoms with van der Waals surface area (Å²) in [6.07, 6.45) is 0.0607. The van der Waals surface area contributed by atoms with Crippen LogP contribution < -0.4 is 10.3 Å². The Morgan fingerprint density at radius 3 is 1.42 bits per heavy atom. The molecule has 114 valence electrons. The zero-order valence-electron chi connectivity index (χ0n) is 11.0. The number of hydrogen-bond donors (Lipinski definition) is 1. The first kappa shape index (κ1) is 18.1. The van der Waals surface area contributed by atoms with Gasteiger partial charge in [-0.25, -0.2) is 0 Å². The summed E-state index contributed by atoms with van der Waals surface area (Å²) in [6.45, 7) is 8.27. The van der Waals surface area contributed by atoms with E-state index in [2.05, 4.69) is 37.5 Å². The molecule has 0 aliphatic rings. The summed E-state index contributed by atoms with van der Waals surface area (Å²) in [7, 11) is -10.7. The summed E-state index contributed by atoms with van der Waals surface area (Å²) in [4.78, 5) is 0. The number of aryl methyl sites for hydroxylation is 3. The van der Waals surface area contributed by atoms with Crippen molar-refractivity contribution >= 4 is 7.81 Å². The summed E-state index contributed by atoms with van der Waals surface area (Å²) in [5, 5.41) is 0. The molecular formula is C10H17F6N2P. The van der Waals surface area contributed by atoms with Crippen molar-refractivity contribution in [2.75, 3.05) is 0 Å². The molecule has 0 aromatic carbocycles. The summed E-state index contributed by atoms with van der Waals surface area (Å²) in [5.41, 5.74) is 9.57. The second kappa shape index (κ2) is 4.59. The molecule has 0 aliphatic carbocycles. The fourth-order valence-corrected chi connectivity index (χ4v) is 1.76. The maximum atomic E-state index is 9.87. The van der Waals surface area contributed by atoms with E-state index in [-0.39, 0.29) is 6.17 Å². The van der Waals surface area contributed by atoms with Gasteiger partial charge in [-0.1, -0.05) is 0 Å². The van der Waals surface area contributed by atoms with Crippen molar-refractivity contribution in [2.45, 2.75) is 33.9 Å². The second-order valence-electron chi connectivity index (χ2n) is 4.38. The molecule has 2 nitrogen and oxygen atoms in total. The Hall–Kier alpha value is -0.880. The van der Waals surface area contributed by atoms with Gasteiger partial charge in [0, 0.05) is 32.9 Å². The van der Waals surface area contributed by atoms with E-state index in [0.29, 0.717) is 0 Å². The van der Waals surface area contributed by atoms with Crippen LogP contribution in [0, 0.1) is 20.8 Å². The molecule has 0 spiro atoms. The standard InChI is InChI=1S/C10H17N2.F6P/c1-7-5-8(2)12(10(4)11)9(3)6-7;1-7(2,3,4,5)6/h5-6,10H,11H2,1-4H3;/q+1;-1. The first-order valence-electron chi connectivity index (χ1n) is 5.28. The van der Waals surface area contributed by atoms with E-state index < -0.39 is 7.81 Å². The van der Waals surface area contributed by atoms with Gasteiger partial charge in [0.05, 0.1) is 0 Å². The second-order valence-corrected chi connectivity index (χ2v) is 6.30. The molecule has 1 unspecified atom stereocenters. The van der Waals surface area contributed by atoms with Crippen LogP contribution in [0.1, 0.15) is 30.0 Å². The number of hydrogen-bond acceptors (Lipinski definition) is 1. The minimum atomic E-state index is -10.7. The molecule has 0 fully saturated rings. The third-order valence-electron chi connectivity index (χ3n) is 2.04. The van der Waals surface area contributed by atoms with E-state index in [9.17, 15) is 25.2 Å². The molecule has 0 bridgehead atoms. The number of nitrogens with zero attached hydrogens (tertiary/aromatic N) is 1. The first-order valence-corrected chi connectivity index (χ1v) is 7.31. The SMILES string of the molecule is Cc1cc(C)[n+](C(C)N)c(C)c1.F[P-](F)(F)(F)(F)F. The van der Waals surface area contributed by atoms with Crippen LogP contribution in [0.15, 0.2) is 12.1 Å². The van der Waals surface area contributed by atoms with Gasteiger partial charge in [-0.05, 0) is 12.5 Å². The summed E-state index contributed by atoms with van der Waals surface area (Å²) in [5.74, 6) is 0.